The van der Waals surface area contributed by atoms with Crippen molar-refractivity contribution in [3.05, 3.63) is 29.8 Å². The summed E-state index contributed by atoms with van der Waals surface area (Å²) in [6, 6.07) is 7.12. The molecule has 0 atom stereocenters. The lowest BCUT2D eigenvalue weighted by Crippen LogP contribution is -2.51. The van der Waals surface area contributed by atoms with Gasteiger partial charge in [-0.2, -0.15) is 0 Å². The fourth-order valence-corrected chi connectivity index (χ4v) is 4.51. The van der Waals surface area contributed by atoms with E-state index in [0.717, 1.165) is 30.6 Å². The first kappa shape index (κ1) is 21.3. The Morgan fingerprint density at radius 1 is 1.17 bits per heavy atom. The second-order valence-electron chi connectivity index (χ2n) is 9.12. The van der Waals surface area contributed by atoms with Gasteiger partial charge >= 0.3 is 6.03 Å². The van der Waals surface area contributed by atoms with E-state index in [2.05, 4.69) is 38.3 Å². The average molecular weight is 400 g/mol. The van der Waals surface area contributed by atoms with Gasteiger partial charge in [0.1, 0.15) is 12.1 Å². The zero-order valence-corrected chi connectivity index (χ0v) is 18.0. The fraction of sp³-hybridized carbons (Fsp3) is 0.609. The predicted octanol–water partition coefficient (Wildman–Crippen LogP) is 4.10. The van der Waals surface area contributed by atoms with Gasteiger partial charge in [0.15, 0.2) is 0 Å². The molecule has 1 spiro atoms. The van der Waals surface area contributed by atoms with Gasteiger partial charge in [-0.1, -0.05) is 46.2 Å². The van der Waals surface area contributed by atoms with Crippen LogP contribution < -0.4 is 10.6 Å². The van der Waals surface area contributed by atoms with Gasteiger partial charge in [0.2, 0.25) is 5.91 Å². The maximum Gasteiger partial charge on any atom is 0.325 e. The Hall–Kier alpha value is -2.37. The number of urea groups is 1. The van der Waals surface area contributed by atoms with E-state index in [9.17, 15) is 14.4 Å². The molecule has 1 saturated heterocycles. The number of aryl methyl sites for hydroxylation is 1. The summed E-state index contributed by atoms with van der Waals surface area (Å²) < 4.78 is 0. The summed E-state index contributed by atoms with van der Waals surface area (Å²) in [5.74, 6) is -0.0754. The molecule has 0 bridgehead atoms. The van der Waals surface area contributed by atoms with Crippen molar-refractivity contribution in [2.24, 2.45) is 11.3 Å². The van der Waals surface area contributed by atoms with E-state index in [1.807, 2.05) is 24.3 Å². The monoisotopic (exact) mass is 399 g/mol. The molecule has 1 heterocycles. The molecule has 1 aliphatic heterocycles. The molecule has 3 rings (SSSR count). The number of amides is 4. The van der Waals surface area contributed by atoms with Gasteiger partial charge < -0.3 is 10.6 Å². The normalized spacial score (nSPS) is 24.7. The molecule has 1 aromatic rings. The molecule has 6 heteroatoms. The smallest absolute Gasteiger partial charge is 0.325 e. The maximum atomic E-state index is 13.1. The summed E-state index contributed by atoms with van der Waals surface area (Å²) in [6.45, 7) is 8.55. The predicted molar refractivity (Wildman–Crippen MR) is 113 cm³/mol. The topological polar surface area (TPSA) is 78.5 Å². The van der Waals surface area contributed by atoms with Crippen molar-refractivity contribution in [2.45, 2.75) is 71.8 Å². The maximum absolute atomic E-state index is 13.1. The van der Waals surface area contributed by atoms with E-state index < -0.39 is 11.6 Å². The van der Waals surface area contributed by atoms with E-state index in [1.54, 1.807) is 0 Å². The number of rotatable bonds is 6. The highest BCUT2D eigenvalue weighted by atomic mass is 16.2. The Morgan fingerprint density at radius 2 is 1.79 bits per heavy atom. The number of benzene rings is 1. The van der Waals surface area contributed by atoms with Crippen molar-refractivity contribution in [1.29, 1.82) is 0 Å². The van der Waals surface area contributed by atoms with Gasteiger partial charge in [-0.25, -0.2) is 4.79 Å². The number of carbonyl (C=O) groups is 3. The standard InChI is InChI=1S/C23H33N3O3/c1-5-16-7-9-18(10-8-16)24-19(27)15-26-20(28)23(25-21(26)29)13-11-17(12-14-23)22(3,4)6-2/h7-10,17H,5-6,11-15H2,1-4H3,(H,24,27)(H,25,29). The molecule has 2 aliphatic rings. The van der Waals surface area contributed by atoms with Crippen LogP contribution in [0.15, 0.2) is 24.3 Å². The first-order valence-corrected chi connectivity index (χ1v) is 10.7. The Balaban J connectivity index is 1.61. The highest BCUT2D eigenvalue weighted by molar-refractivity contribution is 6.10. The van der Waals surface area contributed by atoms with Gasteiger partial charge in [-0.05, 0) is 61.1 Å². The van der Waals surface area contributed by atoms with Crippen LogP contribution in [-0.2, 0) is 16.0 Å². The van der Waals surface area contributed by atoms with Crippen LogP contribution in [-0.4, -0.2) is 34.8 Å². The van der Waals surface area contributed by atoms with E-state index in [1.165, 1.54) is 5.56 Å². The van der Waals surface area contributed by atoms with E-state index in [-0.39, 0.29) is 23.8 Å². The second-order valence-corrected chi connectivity index (χ2v) is 9.12. The van der Waals surface area contributed by atoms with Crippen LogP contribution in [0, 0.1) is 11.3 Å². The molecule has 6 nitrogen and oxygen atoms in total. The molecule has 0 unspecified atom stereocenters. The highest BCUT2D eigenvalue weighted by Crippen LogP contribution is 2.45. The van der Waals surface area contributed by atoms with Gasteiger partial charge in [0, 0.05) is 5.69 Å². The van der Waals surface area contributed by atoms with Crippen molar-refractivity contribution in [1.82, 2.24) is 10.2 Å². The van der Waals surface area contributed by atoms with Crippen LogP contribution in [0.5, 0.6) is 0 Å². The van der Waals surface area contributed by atoms with Crippen LogP contribution >= 0.6 is 0 Å². The molecular weight excluding hydrogens is 366 g/mol. The molecule has 1 aromatic carbocycles. The van der Waals surface area contributed by atoms with Gasteiger partial charge in [0.25, 0.3) is 5.91 Å². The number of hydrogen-bond acceptors (Lipinski definition) is 3. The first-order valence-electron chi connectivity index (χ1n) is 10.7. The van der Waals surface area contributed by atoms with E-state index in [4.69, 9.17) is 0 Å². The van der Waals surface area contributed by atoms with Crippen molar-refractivity contribution >= 4 is 23.5 Å². The third-order valence-corrected chi connectivity index (χ3v) is 7.05. The Kier molecular flexibility index (Phi) is 6.01. The zero-order valence-electron chi connectivity index (χ0n) is 18.0. The zero-order chi connectivity index (χ0) is 21.2. The summed E-state index contributed by atoms with van der Waals surface area (Å²) in [4.78, 5) is 39.0. The summed E-state index contributed by atoms with van der Waals surface area (Å²) >= 11 is 0. The number of imide groups is 1. The lowest BCUT2D eigenvalue weighted by Gasteiger charge is -2.42. The van der Waals surface area contributed by atoms with Crippen molar-refractivity contribution < 1.29 is 14.4 Å². The Bertz CT molecular complexity index is 777. The molecule has 0 aromatic heterocycles. The SMILES string of the molecule is CCc1ccc(NC(=O)CN2C(=O)NC3(CCC(C(C)(C)CC)CC3)C2=O)cc1. The van der Waals surface area contributed by atoms with Gasteiger partial charge in [0.05, 0.1) is 0 Å². The average Bonchev–Trinajstić information content (AvgIpc) is 2.93. The van der Waals surface area contributed by atoms with Crippen LogP contribution in [0.1, 0.15) is 65.4 Å². The molecule has 1 saturated carbocycles. The second kappa shape index (κ2) is 8.17. The van der Waals surface area contributed by atoms with Gasteiger partial charge in [-0.15, -0.1) is 0 Å². The van der Waals surface area contributed by atoms with Crippen LogP contribution in [0.25, 0.3) is 0 Å². The van der Waals surface area contributed by atoms with Crippen LogP contribution in [0.2, 0.25) is 0 Å². The number of carbonyl (C=O) groups excluding carboxylic acids is 3. The molecule has 2 N–H and O–H groups in total. The fourth-order valence-electron chi connectivity index (χ4n) is 4.51. The van der Waals surface area contributed by atoms with Crippen molar-refractivity contribution in [3.63, 3.8) is 0 Å². The van der Waals surface area contributed by atoms with Gasteiger partial charge in [-0.3, -0.25) is 14.5 Å². The van der Waals surface area contributed by atoms with E-state index >= 15 is 0 Å². The number of nitrogens with one attached hydrogen (secondary N) is 2. The third-order valence-electron chi connectivity index (χ3n) is 7.05. The summed E-state index contributed by atoms with van der Waals surface area (Å²) in [7, 11) is 0. The van der Waals surface area contributed by atoms with Crippen LogP contribution in [0.3, 0.4) is 0 Å². The molecule has 2 fully saturated rings. The number of anilines is 1. The quantitative estimate of drug-likeness (QED) is 0.707. The first-order chi connectivity index (χ1) is 13.7. The summed E-state index contributed by atoms with van der Waals surface area (Å²) in [6.07, 6.45) is 5.13. The number of nitrogens with zero attached hydrogens (tertiary/aromatic N) is 1. The number of hydrogen-bond donors (Lipinski definition) is 2. The molecule has 158 valence electrons. The molecule has 0 radical (unpaired) electrons. The van der Waals surface area contributed by atoms with Crippen molar-refractivity contribution in [3.8, 4) is 0 Å². The lowest BCUT2D eigenvalue weighted by atomic mass is 9.65. The lowest BCUT2D eigenvalue weighted by molar-refractivity contribution is -0.135. The summed E-state index contributed by atoms with van der Waals surface area (Å²) in [5, 5.41) is 5.68. The minimum atomic E-state index is -0.833. The Morgan fingerprint density at radius 3 is 2.34 bits per heavy atom. The summed E-state index contributed by atoms with van der Waals surface area (Å²) in [5.41, 5.74) is 1.25. The van der Waals surface area contributed by atoms with Crippen molar-refractivity contribution in [2.75, 3.05) is 11.9 Å². The molecule has 29 heavy (non-hydrogen) atoms. The largest absolute Gasteiger partial charge is 0.325 e. The molecule has 4 amide bonds. The highest BCUT2D eigenvalue weighted by Gasteiger charge is 2.53. The van der Waals surface area contributed by atoms with Crippen LogP contribution in [0.4, 0.5) is 10.5 Å². The van der Waals surface area contributed by atoms with E-state index in [0.29, 0.717) is 24.4 Å². The molecule has 1 aliphatic carbocycles. The molecular formula is C23H33N3O3. The Labute approximate surface area is 173 Å². The minimum absolute atomic E-state index is 0.236. The minimum Gasteiger partial charge on any atom is -0.325 e. The third kappa shape index (κ3) is 4.31.